The molecular weight excluding hydrogens is 276 g/mol. The van der Waals surface area contributed by atoms with Crippen LogP contribution in [0.2, 0.25) is 0 Å². The molecule has 1 unspecified atom stereocenters. The van der Waals surface area contributed by atoms with Gasteiger partial charge in [-0.05, 0) is 29.5 Å². The van der Waals surface area contributed by atoms with Gasteiger partial charge in [0.15, 0.2) is 0 Å². The summed E-state index contributed by atoms with van der Waals surface area (Å²) in [6, 6.07) is 6.69. The van der Waals surface area contributed by atoms with Crippen LogP contribution >= 0.6 is 15.9 Å². The van der Waals surface area contributed by atoms with Crippen molar-refractivity contribution in [2.45, 2.75) is 43.4 Å². The number of rotatable bonds is 3. The molecule has 1 nitrogen and oxygen atoms in total. The molecule has 0 radical (unpaired) electrons. The molecule has 1 aromatic carbocycles. The van der Waals surface area contributed by atoms with E-state index in [-0.39, 0.29) is 0 Å². The lowest BCUT2D eigenvalue weighted by molar-refractivity contribution is 0.357. The van der Waals surface area contributed by atoms with Crippen LogP contribution in [0, 0.1) is 5.92 Å². The highest BCUT2D eigenvalue weighted by atomic mass is 79.9. The molecule has 1 fully saturated rings. The normalized spacial score (nSPS) is 21.2. The van der Waals surface area contributed by atoms with Gasteiger partial charge >= 0.3 is 0 Å². The number of hydrogen-bond acceptors (Lipinski definition) is 1. The first-order valence-electron chi connectivity index (χ1n) is 6.72. The molecule has 0 amide bonds. The quantitative estimate of drug-likeness (QED) is 0.738. The minimum atomic E-state index is 0.525. The SMILES string of the molecule is BrC(CC1CCCC1)c1ccc2c(c1)CCO2. The maximum atomic E-state index is 5.55. The van der Waals surface area contributed by atoms with Crippen LogP contribution in [0.15, 0.2) is 18.2 Å². The molecule has 0 spiro atoms. The fourth-order valence-corrected chi connectivity index (χ4v) is 3.89. The summed E-state index contributed by atoms with van der Waals surface area (Å²) >= 11 is 3.86. The predicted octanol–water partition coefficient (Wildman–Crippen LogP) is 4.64. The molecule has 0 bridgehead atoms. The second kappa shape index (κ2) is 5.01. The van der Waals surface area contributed by atoms with Gasteiger partial charge < -0.3 is 4.74 Å². The standard InChI is InChI=1S/C15H19BrO/c16-14(9-11-3-1-2-4-11)12-5-6-15-13(10-12)7-8-17-15/h5-6,10-11,14H,1-4,7-9H2. The van der Waals surface area contributed by atoms with Gasteiger partial charge in [0.1, 0.15) is 5.75 Å². The monoisotopic (exact) mass is 294 g/mol. The van der Waals surface area contributed by atoms with Crippen molar-refractivity contribution in [3.8, 4) is 5.75 Å². The summed E-state index contributed by atoms with van der Waals surface area (Å²) < 4.78 is 5.55. The lowest BCUT2D eigenvalue weighted by Crippen LogP contribution is -1.99. The molecule has 1 aromatic rings. The van der Waals surface area contributed by atoms with Crippen molar-refractivity contribution >= 4 is 15.9 Å². The van der Waals surface area contributed by atoms with Crippen molar-refractivity contribution in [3.63, 3.8) is 0 Å². The van der Waals surface area contributed by atoms with Gasteiger partial charge in [-0.15, -0.1) is 0 Å². The zero-order valence-electron chi connectivity index (χ0n) is 10.1. The van der Waals surface area contributed by atoms with E-state index in [1.807, 2.05) is 0 Å². The van der Waals surface area contributed by atoms with E-state index in [1.54, 1.807) is 0 Å². The minimum absolute atomic E-state index is 0.525. The van der Waals surface area contributed by atoms with Crippen molar-refractivity contribution in [1.82, 2.24) is 0 Å². The summed E-state index contributed by atoms with van der Waals surface area (Å²) in [5.41, 5.74) is 2.82. The summed E-state index contributed by atoms with van der Waals surface area (Å²) in [4.78, 5) is 0.525. The molecule has 2 aliphatic rings. The van der Waals surface area contributed by atoms with Crippen molar-refractivity contribution in [1.29, 1.82) is 0 Å². The van der Waals surface area contributed by atoms with E-state index in [0.717, 1.165) is 24.7 Å². The molecule has 0 N–H and O–H groups in total. The van der Waals surface area contributed by atoms with Crippen molar-refractivity contribution in [2.75, 3.05) is 6.61 Å². The zero-order valence-corrected chi connectivity index (χ0v) is 11.7. The smallest absolute Gasteiger partial charge is 0.122 e. The first-order chi connectivity index (χ1) is 8.33. The minimum Gasteiger partial charge on any atom is -0.493 e. The summed E-state index contributed by atoms with van der Waals surface area (Å²) in [6.45, 7) is 0.856. The molecule has 0 saturated heterocycles. The van der Waals surface area contributed by atoms with Crippen LogP contribution in [-0.2, 0) is 6.42 Å². The molecule has 92 valence electrons. The van der Waals surface area contributed by atoms with E-state index in [0.29, 0.717) is 4.83 Å². The number of benzene rings is 1. The molecule has 1 saturated carbocycles. The molecular formula is C15H19BrO. The van der Waals surface area contributed by atoms with Crippen molar-refractivity contribution in [2.24, 2.45) is 5.92 Å². The average molecular weight is 295 g/mol. The lowest BCUT2D eigenvalue weighted by atomic mass is 9.97. The first kappa shape index (κ1) is 11.6. The van der Waals surface area contributed by atoms with Crippen molar-refractivity contribution in [3.05, 3.63) is 29.3 Å². The molecule has 1 heterocycles. The highest BCUT2D eigenvalue weighted by Gasteiger charge is 2.21. The molecule has 1 atom stereocenters. The molecule has 3 rings (SSSR count). The maximum Gasteiger partial charge on any atom is 0.122 e. The third kappa shape index (κ3) is 2.52. The second-order valence-corrected chi connectivity index (χ2v) is 6.42. The Balaban J connectivity index is 1.70. The Hall–Kier alpha value is -0.500. The van der Waals surface area contributed by atoms with Gasteiger partial charge in [0.25, 0.3) is 0 Å². The van der Waals surface area contributed by atoms with E-state index in [9.17, 15) is 0 Å². The van der Waals surface area contributed by atoms with Gasteiger partial charge in [-0.1, -0.05) is 53.7 Å². The third-order valence-corrected chi connectivity index (χ3v) is 4.99. The Morgan fingerprint density at radius 1 is 1.29 bits per heavy atom. The maximum absolute atomic E-state index is 5.55. The topological polar surface area (TPSA) is 9.23 Å². The lowest BCUT2D eigenvalue weighted by Gasteiger charge is -2.15. The van der Waals surface area contributed by atoms with Gasteiger partial charge in [0.05, 0.1) is 6.61 Å². The summed E-state index contributed by atoms with van der Waals surface area (Å²) in [5.74, 6) is 2.03. The van der Waals surface area contributed by atoms with E-state index in [1.165, 1.54) is 43.2 Å². The predicted molar refractivity (Wildman–Crippen MR) is 73.9 cm³/mol. The molecule has 1 aliphatic heterocycles. The first-order valence-corrected chi connectivity index (χ1v) is 7.64. The Bertz CT molecular complexity index is 396. The number of ether oxygens (including phenoxy) is 1. The fraction of sp³-hybridized carbons (Fsp3) is 0.600. The molecule has 0 aromatic heterocycles. The third-order valence-electron chi connectivity index (χ3n) is 4.09. The van der Waals surface area contributed by atoms with Crippen molar-refractivity contribution < 1.29 is 4.74 Å². The van der Waals surface area contributed by atoms with Gasteiger partial charge in [-0.3, -0.25) is 0 Å². The van der Waals surface area contributed by atoms with Crippen LogP contribution < -0.4 is 4.74 Å². The summed E-state index contributed by atoms with van der Waals surface area (Å²) in [5, 5.41) is 0. The number of halogens is 1. The average Bonchev–Trinajstić information content (AvgIpc) is 2.97. The second-order valence-electron chi connectivity index (χ2n) is 5.32. The summed E-state index contributed by atoms with van der Waals surface area (Å²) in [7, 11) is 0. The molecule has 1 aliphatic carbocycles. The zero-order chi connectivity index (χ0) is 11.7. The van der Waals surface area contributed by atoms with Crippen LogP contribution in [0.4, 0.5) is 0 Å². The largest absolute Gasteiger partial charge is 0.493 e. The number of fused-ring (bicyclic) bond motifs is 1. The highest BCUT2D eigenvalue weighted by molar-refractivity contribution is 9.09. The van der Waals surface area contributed by atoms with E-state index in [2.05, 4.69) is 34.1 Å². The molecule has 17 heavy (non-hydrogen) atoms. The van der Waals surface area contributed by atoms with Gasteiger partial charge in [0, 0.05) is 11.2 Å². The Morgan fingerprint density at radius 2 is 2.12 bits per heavy atom. The number of hydrogen-bond donors (Lipinski definition) is 0. The van der Waals surface area contributed by atoms with Crippen LogP contribution in [0.1, 0.15) is 48.1 Å². The number of alkyl halides is 1. The van der Waals surface area contributed by atoms with Gasteiger partial charge in [-0.2, -0.15) is 0 Å². The molecule has 2 heteroatoms. The fourth-order valence-electron chi connectivity index (χ4n) is 3.08. The van der Waals surface area contributed by atoms with E-state index in [4.69, 9.17) is 4.74 Å². The Morgan fingerprint density at radius 3 is 2.94 bits per heavy atom. The summed E-state index contributed by atoms with van der Waals surface area (Å²) in [6.07, 6.45) is 8.09. The Kier molecular flexibility index (Phi) is 3.41. The van der Waals surface area contributed by atoms with Crippen LogP contribution in [0.3, 0.4) is 0 Å². The van der Waals surface area contributed by atoms with Gasteiger partial charge in [-0.25, -0.2) is 0 Å². The van der Waals surface area contributed by atoms with Crippen LogP contribution in [-0.4, -0.2) is 6.61 Å². The van der Waals surface area contributed by atoms with E-state index < -0.39 is 0 Å². The van der Waals surface area contributed by atoms with E-state index >= 15 is 0 Å². The Labute approximate surface area is 112 Å². The van der Waals surface area contributed by atoms with Crippen LogP contribution in [0.25, 0.3) is 0 Å². The highest BCUT2D eigenvalue weighted by Crippen LogP contribution is 2.38. The van der Waals surface area contributed by atoms with Crippen LogP contribution in [0.5, 0.6) is 5.75 Å². The van der Waals surface area contributed by atoms with Gasteiger partial charge in [0.2, 0.25) is 0 Å².